The maximum atomic E-state index is 12.7. The summed E-state index contributed by atoms with van der Waals surface area (Å²) in [4.78, 5) is 41.9. The molecule has 1 N–H and O–H groups in total. The molecule has 0 saturated heterocycles. The van der Waals surface area contributed by atoms with Crippen LogP contribution in [0.2, 0.25) is 5.02 Å². The Morgan fingerprint density at radius 1 is 1.23 bits per heavy atom. The monoisotopic (exact) mass is 429 g/mol. The molecule has 0 saturated carbocycles. The number of hydrogen-bond acceptors (Lipinski definition) is 6. The quantitative estimate of drug-likeness (QED) is 0.604. The van der Waals surface area contributed by atoms with Crippen LogP contribution in [0.1, 0.15) is 23.0 Å². The van der Waals surface area contributed by atoms with Crippen molar-refractivity contribution < 1.29 is 19.1 Å². The molecule has 1 aromatic carbocycles. The van der Waals surface area contributed by atoms with Gasteiger partial charge in [0.2, 0.25) is 11.3 Å². The van der Waals surface area contributed by atoms with Crippen molar-refractivity contribution in [3.63, 3.8) is 0 Å². The standard InChI is InChI=1S/C21H20ClN3O5/c1-4-30-21(28)15-10-25(20-14(19(15)27)7-5-12(2)23-20)11-18(26)24-13-6-8-17(29-3)16(22)9-13/h5-10H,4,11H2,1-3H3,(H,24,26). The third kappa shape index (κ3) is 4.44. The van der Waals surface area contributed by atoms with Crippen LogP contribution in [-0.4, -0.2) is 35.1 Å². The second kappa shape index (κ2) is 8.96. The molecule has 30 heavy (non-hydrogen) atoms. The highest BCUT2D eigenvalue weighted by Gasteiger charge is 2.18. The number of carbonyl (C=O) groups is 2. The minimum atomic E-state index is -0.749. The number of halogens is 1. The number of carbonyl (C=O) groups excluding carboxylic acids is 2. The topological polar surface area (TPSA) is 99.5 Å². The van der Waals surface area contributed by atoms with Crippen LogP contribution < -0.4 is 15.5 Å². The zero-order valence-corrected chi connectivity index (χ0v) is 17.4. The van der Waals surface area contributed by atoms with E-state index in [1.54, 1.807) is 44.2 Å². The second-order valence-corrected chi connectivity index (χ2v) is 6.85. The van der Waals surface area contributed by atoms with Crippen molar-refractivity contribution in [3.8, 4) is 5.75 Å². The van der Waals surface area contributed by atoms with Crippen LogP contribution in [0.3, 0.4) is 0 Å². The summed E-state index contributed by atoms with van der Waals surface area (Å²) in [7, 11) is 1.50. The minimum absolute atomic E-state index is 0.126. The van der Waals surface area contributed by atoms with Crippen LogP contribution in [0.5, 0.6) is 5.75 Å². The molecule has 1 amide bonds. The van der Waals surface area contributed by atoms with Crippen molar-refractivity contribution in [3.05, 3.63) is 63.0 Å². The van der Waals surface area contributed by atoms with Crippen molar-refractivity contribution in [2.75, 3.05) is 19.0 Å². The molecule has 0 aliphatic rings. The fourth-order valence-corrected chi connectivity index (χ4v) is 3.19. The van der Waals surface area contributed by atoms with E-state index in [9.17, 15) is 14.4 Å². The first kappa shape index (κ1) is 21.3. The number of aryl methyl sites for hydroxylation is 1. The van der Waals surface area contributed by atoms with Crippen molar-refractivity contribution in [2.45, 2.75) is 20.4 Å². The molecule has 0 unspecified atom stereocenters. The maximum absolute atomic E-state index is 12.7. The molecule has 0 fully saturated rings. The number of nitrogens with zero attached hydrogens (tertiary/aromatic N) is 2. The number of fused-ring (bicyclic) bond motifs is 1. The first-order chi connectivity index (χ1) is 14.3. The molecular formula is C21H20ClN3O5. The summed E-state index contributed by atoms with van der Waals surface area (Å²) < 4.78 is 11.5. The zero-order valence-electron chi connectivity index (χ0n) is 16.7. The number of nitrogens with one attached hydrogen (secondary N) is 1. The molecule has 2 aromatic heterocycles. The van der Waals surface area contributed by atoms with E-state index in [1.165, 1.54) is 17.9 Å². The molecule has 3 rings (SSSR count). The van der Waals surface area contributed by atoms with E-state index in [2.05, 4.69) is 10.3 Å². The lowest BCUT2D eigenvalue weighted by molar-refractivity contribution is -0.116. The summed E-state index contributed by atoms with van der Waals surface area (Å²) >= 11 is 6.09. The summed E-state index contributed by atoms with van der Waals surface area (Å²) in [6, 6.07) is 8.10. The van der Waals surface area contributed by atoms with Crippen LogP contribution in [0.4, 0.5) is 5.69 Å². The number of ether oxygens (including phenoxy) is 2. The first-order valence-corrected chi connectivity index (χ1v) is 9.53. The molecule has 9 heteroatoms. The average Bonchev–Trinajstić information content (AvgIpc) is 2.70. The number of esters is 1. The van der Waals surface area contributed by atoms with E-state index >= 15 is 0 Å². The zero-order chi connectivity index (χ0) is 21.8. The molecule has 3 aromatic rings. The predicted molar refractivity (Wildman–Crippen MR) is 113 cm³/mol. The van der Waals surface area contributed by atoms with Crippen LogP contribution in [-0.2, 0) is 16.1 Å². The Kier molecular flexibility index (Phi) is 6.37. The van der Waals surface area contributed by atoms with Gasteiger partial charge >= 0.3 is 5.97 Å². The Bertz CT molecular complexity index is 1190. The van der Waals surface area contributed by atoms with Gasteiger partial charge in [-0.15, -0.1) is 0 Å². The van der Waals surface area contributed by atoms with Gasteiger partial charge in [0, 0.05) is 17.6 Å². The fraction of sp³-hybridized carbons (Fsp3) is 0.238. The van der Waals surface area contributed by atoms with Gasteiger partial charge in [0.25, 0.3) is 0 Å². The molecule has 0 radical (unpaired) electrons. The maximum Gasteiger partial charge on any atom is 0.343 e. The average molecular weight is 430 g/mol. The van der Waals surface area contributed by atoms with Gasteiger partial charge in [-0.05, 0) is 44.2 Å². The van der Waals surface area contributed by atoms with E-state index in [0.717, 1.165) is 0 Å². The minimum Gasteiger partial charge on any atom is -0.495 e. The van der Waals surface area contributed by atoms with Crippen LogP contribution in [0.25, 0.3) is 11.0 Å². The number of pyridine rings is 2. The largest absolute Gasteiger partial charge is 0.495 e. The Hall–Kier alpha value is -3.39. The Morgan fingerprint density at radius 2 is 2.00 bits per heavy atom. The molecule has 0 bridgehead atoms. The number of aromatic nitrogens is 2. The smallest absolute Gasteiger partial charge is 0.343 e. The summed E-state index contributed by atoms with van der Waals surface area (Å²) in [5.74, 6) is -0.653. The first-order valence-electron chi connectivity index (χ1n) is 9.15. The van der Waals surface area contributed by atoms with Gasteiger partial charge in [-0.2, -0.15) is 0 Å². The predicted octanol–water partition coefficient (Wildman–Crippen LogP) is 3.18. The number of methoxy groups -OCH3 is 1. The molecule has 0 spiro atoms. The Balaban J connectivity index is 1.97. The lowest BCUT2D eigenvalue weighted by Gasteiger charge is -2.13. The molecule has 2 heterocycles. The number of benzene rings is 1. The normalized spacial score (nSPS) is 10.7. The highest BCUT2D eigenvalue weighted by molar-refractivity contribution is 6.32. The lowest BCUT2D eigenvalue weighted by Crippen LogP contribution is -2.25. The summed E-state index contributed by atoms with van der Waals surface area (Å²) in [6.07, 6.45) is 1.30. The summed E-state index contributed by atoms with van der Waals surface area (Å²) in [6.45, 7) is 3.37. The van der Waals surface area contributed by atoms with Crippen molar-refractivity contribution in [2.24, 2.45) is 0 Å². The SMILES string of the molecule is CCOC(=O)c1cn(CC(=O)Nc2ccc(OC)c(Cl)c2)c2nc(C)ccc2c1=O. The molecule has 0 atom stereocenters. The number of amides is 1. The van der Waals surface area contributed by atoms with Gasteiger partial charge in [0.05, 0.1) is 24.1 Å². The van der Waals surface area contributed by atoms with E-state index in [4.69, 9.17) is 21.1 Å². The highest BCUT2D eigenvalue weighted by Crippen LogP contribution is 2.27. The van der Waals surface area contributed by atoms with E-state index < -0.39 is 11.4 Å². The van der Waals surface area contributed by atoms with E-state index in [1.807, 2.05) is 0 Å². The molecule has 156 valence electrons. The number of hydrogen-bond donors (Lipinski definition) is 1. The molecule has 0 aliphatic carbocycles. The fourth-order valence-electron chi connectivity index (χ4n) is 2.93. The van der Waals surface area contributed by atoms with Gasteiger partial charge in [-0.25, -0.2) is 9.78 Å². The molecular weight excluding hydrogens is 410 g/mol. The van der Waals surface area contributed by atoms with Crippen LogP contribution >= 0.6 is 11.6 Å². The van der Waals surface area contributed by atoms with Gasteiger partial charge in [0.15, 0.2) is 0 Å². The van der Waals surface area contributed by atoms with Gasteiger partial charge < -0.3 is 19.4 Å². The van der Waals surface area contributed by atoms with Crippen LogP contribution in [0.15, 0.2) is 41.3 Å². The van der Waals surface area contributed by atoms with Gasteiger partial charge in [0.1, 0.15) is 23.5 Å². The van der Waals surface area contributed by atoms with E-state index in [0.29, 0.717) is 27.8 Å². The molecule has 0 aliphatic heterocycles. The third-order valence-corrected chi connectivity index (χ3v) is 4.60. The number of rotatable bonds is 6. The lowest BCUT2D eigenvalue weighted by atomic mass is 10.2. The van der Waals surface area contributed by atoms with Gasteiger partial charge in [-0.1, -0.05) is 11.6 Å². The highest BCUT2D eigenvalue weighted by atomic mass is 35.5. The summed E-state index contributed by atoms with van der Waals surface area (Å²) in [5.41, 5.74) is 0.800. The second-order valence-electron chi connectivity index (χ2n) is 6.44. The molecule has 8 nitrogen and oxygen atoms in total. The van der Waals surface area contributed by atoms with Crippen LogP contribution in [0, 0.1) is 6.92 Å². The van der Waals surface area contributed by atoms with Crippen molar-refractivity contribution in [1.29, 1.82) is 0 Å². The Morgan fingerprint density at radius 3 is 2.67 bits per heavy atom. The summed E-state index contributed by atoms with van der Waals surface area (Å²) in [5, 5.41) is 3.31. The van der Waals surface area contributed by atoms with E-state index in [-0.39, 0.29) is 30.0 Å². The third-order valence-electron chi connectivity index (χ3n) is 4.31. The Labute approximate surface area is 177 Å². The number of anilines is 1. The van der Waals surface area contributed by atoms with Gasteiger partial charge in [-0.3, -0.25) is 9.59 Å². The van der Waals surface area contributed by atoms with Crippen molar-refractivity contribution in [1.82, 2.24) is 9.55 Å². The van der Waals surface area contributed by atoms with Crippen molar-refractivity contribution >= 4 is 40.2 Å².